The minimum atomic E-state index is -0.791. The van der Waals surface area contributed by atoms with Gasteiger partial charge in [0.05, 0.1) is 12.1 Å². The second kappa shape index (κ2) is 13.9. The molecule has 10 nitrogen and oxygen atoms in total. The number of carbonyl (C=O) groups is 2. The quantitative estimate of drug-likeness (QED) is 0.366. The van der Waals surface area contributed by atoms with Gasteiger partial charge < -0.3 is 39.1 Å². The van der Waals surface area contributed by atoms with Crippen molar-refractivity contribution < 1.29 is 38.0 Å². The van der Waals surface area contributed by atoms with Crippen LogP contribution in [0.3, 0.4) is 0 Å². The first kappa shape index (κ1) is 30.7. The summed E-state index contributed by atoms with van der Waals surface area (Å²) < 4.78 is 32.4. The Morgan fingerprint density at radius 3 is 1.37 bits per heavy atom. The highest BCUT2D eigenvalue weighted by atomic mass is 16.7. The molecule has 0 fully saturated rings. The molecular weight excluding hydrogens is 492 g/mol. The molecule has 0 heterocycles. The fraction of sp³-hybridized carbons (Fsp3) is 0.500. The van der Waals surface area contributed by atoms with E-state index in [1.807, 2.05) is 12.1 Å². The van der Waals surface area contributed by atoms with Crippen LogP contribution in [0, 0.1) is 0 Å². The lowest BCUT2D eigenvalue weighted by molar-refractivity contribution is 0.0424. The number of amides is 2. The van der Waals surface area contributed by atoms with Gasteiger partial charge in [0, 0.05) is 14.2 Å². The average molecular weight is 533 g/mol. The molecule has 0 saturated carbocycles. The van der Waals surface area contributed by atoms with E-state index in [-0.39, 0.29) is 13.6 Å². The van der Waals surface area contributed by atoms with Crippen molar-refractivity contribution in [3.8, 4) is 11.5 Å². The lowest BCUT2D eigenvalue weighted by Gasteiger charge is -2.32. The van der Waals surface area contributed by atoms with Gasteiger partial charge in [0.25, 0.3) is 0 Å². The molecule has 2 amide bonds. The predicted octanol–water partition coefficient (Wildman–Crippen LogP) is 5.48. The number of ether oxygens (including phenoxy) is 6. The minimum Gasteiger partial charge on any atom is -0.468 e. The summed E-state index contributed by atoms with van der Waals surface area (Å²) in [6.07, 6.45) is -1.32. The molecule has 0 bridgehead atoms. The second-order valence-corrected chi connectivity index (χ2v) is 10.5. The molecule has 0 radical (unpaired) electrons. The van der Waals surface area contributed by atoms with Crippen molar-refractivity contribution >= 4 is 12.2 Å². The number of carbonyl (C=O) groups excluding carboxylic acids is 2. The molecule has 2 aromatic rings. The number of hydrogen-bond donors (Lipinski definition) is 2. The van der Waals surface area contributed by atoms with Gasteiger partial charge in [-0.1, -0.05) is 24.3 Å². The maximum Gasteiger partial charge on any atom is 0.408 e. The normalized spacial score (nSPS) is 13.2. The summed E-state index contributed by atoms with van der Waals surface area (Å²) in [4.78, 5) is 26.0. The van der Waals surface area contributed by atoms with E-state index >= 15 is 0 Å². The standard InChI is InChI=1S/C28H40N2O8/c1-27(2,3)37-25(31)29-23(19-11-9-13-21(15-19)35-17-33-7)24(30-26(32)38-28(4,5)6)20-12-10-14-22(16-20)36-18-34-8/h9-16,23-24H,17-18H2,1-8H3,(H,29,31)(H,30,32)/t23-,24-/m1/s1. The van der Waals surface area contributed by atoms with Crippen molar-refractivity contribution in [1.82, 2.24) is 10.6 Å². The van der Waals surface area contributed by atoms with Gasteiger partial charge in [0.15, 0.2) is 13.6 Å². The second-order valence-electron chi connectivity index (χ2n) is 10.5. The maximum absolute atomic E-state index is 13.0. The number of alkyl carbamates (subject to hydrolysis) is 2. The number of rotatable bonds is 11. The van der Waals surface area contributed by atoms with E-state index in [1.54, 1.807) is 77.9 Å². The van der Waals surface area contributed by atoms with E-state index in [0.717, 1.165) is 0 Å². The van der Waals surface area contributed by atoms with Crippen LogP contribution in [0.4, 0.5) is 9.59 Å². The summed E-state index contributed by atoms with van der Waals surface area (Å²) in [5.74, 6) is 1.04. The predicted molar refractivity (Wildman–Crippen MR) is 142 cm³/mol. The van der Waals surface area contributed by atoms with Gasteiger partial charge in [-0.25, -0.2) is 9.59 Å². The van der Waals surface area contributed by atoms with Gasteiger partial charge in [-0.2, -0.15) is 0 Å². The van der Waals surface area contributed by atoms with Crippen LogP contribution in [0.15, 0.2) is 48.5 Å². The third kappa shape index (κ3) is 10.9. The van der Waals surface area contributed by atoms with Gasteiger partial charge in [0.2, 0.25) is 0 Å². The highest BCUT2D eigenvalue weighted by molar-refractivity contribution is 5.71. The first-order chi connectivity index (χ1) is 17.8. The van der Waals surface area contributed by atoms with Gasteiger partial charge in [-0.3, -0.25) is 0 Å². The molecule has 0 saturated heterocycles. The van der Waals surface area contributed by atoms with Crippen LogP contribution in [0.5, 0.6) is 11.5 Å². The van der Waals surface area contributed by atoms with Crippen LogP contribution in [0.25, 0.3) is 0 Å². The van der Waals surface area contributed by atoms with Crippen molar-refractivity contribution in [2.24, 2.45) is 0 Å². The van der Waals surface area contributed by atoms with Crippen molar-refractivity contribution in [3.63, 3.8) is 0 Å². The molecule has 10 heteroatoms. The summed E-state index contributed by atoms with van der Waals surface area (Å²) in [5.41, 5.74) is -0.178. The number of benzene rings is 2. The summed E-state index contributed by atoms with van der Waals surface area (Å²) in [7, 11) is 3.05. The molecule has 38 heavy (non-hydrogen) atoms. The van der Waals surface area contributed by atoms with Gasteiger partial charge >= 0.3 is 12.2 Å². The van der Waals surface area contributed by atoms with Crippen LogP contribution < -0.4 is 20.1 Å². The summed E-state index contributed by atoms with van der Waals surface area (Å²) >= 11 is 0. The van der Waals surface area contributed by atoms with Crippen LogP contribution >= 0.6 is 0 Å². The van der Waals surface area contributed by atoms with E-state index in [9.17, 15) is 9.59 Å². The van der Waals surface area contributed by atoms with E-state index in [1.165, 1.54) is 14.2 Å². The van der Waals surface area contributed by atoms with E-state index < -0.39 is 35.5 Å². The van der Waals surface area contributed by atoms with E-state index in [0.29, 0.717) is 22.6 Å². The van der Waals surface area contributed by atoms with E-state index in [4.69, 9.17) is 28.4 Å². The first-order valence-corrected chi connectivity index (χ1v) is 12.2. The molecule has 210 valence electrons. The topological polar surface area (TPSA) is 114 Å². The van der Waals surface area contributed by atoms with Crippen molar-refractivity contribution in [3.05, 3.63) is 59.7 Å². The molecule has 0 aromatic heterocycles. The number of hydrogen-bond acceptors (Lipinski definition) is 8. The zero-order chi connectivity index (χ0) is 28.3. The van der Waals surface area contributed by atoms with Crippen molar-refractivity contribution in [2.45, 2.75) is 64.8 Å². The van der Waals surface area contributed by atoms with Gasteiger partial charge in [-0.05, 0) is 76.9 Å². The molecule has 2 N–H and O–H groups in total. The summed E-state index contributed by atoms with van der Waals surface area (Å²) in [6, 6.07) is 12.7. The monoisotopic (exact) mass is 532 g/mol. The Bertz CT molecular complexity index is 962. The maximum atomic E-state index is 13.0. The van der Waals surface area contributed by atoms with Crippen LogP contribution in [0.2, 0.25) is 0 Å². The van der Waals surface area contributed by atoms with Gasteiger partial charge in [0.1, 0.15) is 22.7 Å². The van der Waals surface area contributed by atoms with Crippen LogP contribution in [0.1, 0.15) is 64.8 Å². The Kier molecular flexibility index (Phi) is 11.2. The Morgan fingerprint density at radius 2 is 1.05 bits per heavy atom. The lowest BCUT2D eigenvalue weighted by atomic mass is 9.93. The molecule has 0 aliphatic heterocycles. The average Bonchev–Trinajstić information content (AvgIpc) is 2.81. The fourth-order valence-corrected chi connectivity index (χ4v) is 3.44. The molecule has 0 aliphatic rings. The smallest absolute Gasteiger partial charge is 0.408 e. The largest absolute Gasteiger partial charge is 0.468 e. The molecule has 0 aliphatic carbocycles. The van der Waals surface area contributed by atoms with E-state index in [2.05, 4.69) is 10.6 Å². The Hall–Kier alpha value is -3.50. The third-order valence-electron chi connectivity index (χ3n) is 4.80. The zero-order valence-electron chi connectivity index (χ0n) is 23.5. The molecule has 2 atom stereocenters. The summed E-state index contributed by atoms with van der Waals surface area (Å²) in [5, 5.41) is 5.84. The summed E-state index contributed by atoms with van der Waals surface area (Å²) in [6.45, 7) is 10.7. The molecular formula is C28H40N2O8. The number of nitrogens with one attached hydrogen (secondary N) is 2. The highest BCUT2D eigenvalue weighted by Crippen LogP contribution is 2.33. The minimum absolute atomic E-state index is 0.0477. The van der Waals surface area contributed by atoms with Crippen molar-refractivity contribution in [1.29, 1.82) is 0 Å². The molecule has 0 unspecified atom stereocenters. The zero-order valence-corrected chi connectivity index (χ0v) is 23.5. The number of methoxy groups -OCH3 is 2. The Labute approximate surface area is 224 Å². The van der Waals surface area contributed by atoms with Crippen LogP contribution in [-0.2, 0) is 18.9 Å². The Morgan fingerprint density at radius 1 is 0.684 bits per heavy atom. The molecule has 2 aromatic carbocycles. The fourth-order valence-electron chi connectivity index (χ4n) is 3.44. The SMILES string of the molecule is COCOc1cccc([C@@H](NC(=O)OC(C)(C)C)[C@H](NC(=O)OC(C)(C)C)c2cccc(OCOC)c2)c1. The highest BCUT2D eigenvalue weighted by Gasteiger charge is 2.32. The first-order valence-electron chi connectivity index (χ1n) is 12.2. The van der Waals surface area contributed by atoms with Gasteiger partial charge in [-0.15, -0.1) is 0 Å². The van der Waals surface area contributed by atoms with Crippen molar-refractivity contribution in [2.75, 3.05) is 27.8 Å². The lowest BCUT2D eigenvalue weighted by Crippen LogP contribution is -2.44. The third-order valence-corrected chi connectivity index (χ3v) is 4.80. The van der Waals surface area contributed by atoms with Crippen LogP contribution in [-0.4, -0.2) is 51.2 Å². The Balaban J connectivity index is 2.58. The molecule has 0 spiro atoms. The molecule has 2 rings (SSSR count).